The van der Waals surface area contributed by atoms with Gasteiger partial charge in [0.2, 0.25) is 0 Å². The van der Waals surface area contributed by atoms with Crippen LogP contribution in [0.2, 0.25) is 0 Å². The zero-order valence-corrected chi connectivity index (χ0v) is 9.78. The first-order valence-corrected chi connectivity index (χ1v) is 5.41. The highest BCUT2D eigenvalue weighted by Crippen LogP contribution is 2.32. The first kappa shape index (κ1) is 11.0. The van der Waals surface area contributed by atoms with Gasteiger partial charge in [-0.2, -0.15) is 0 Å². The molecule has 0 bridgehead atoms. The van der Waals surface area contributed by atoms with Crippen molar-refractivity contribution in [3.63, 3.8) is 0 Å². The molecule has 0 aliphatic heterocycles. The molecule has 3 nitrogen and oxygen atoms in total. The Morgan fingerprint density at radius 1 is 1.38 bits per heavy atom. The Bertz CT molecular complexity index is 499. The van der Waals surface area contributed by atoms with E-state index in [1.807, 2.05) is 32.0 Å². The molecule has 1 N–H and O–H groups in total. The Labute approximate surface area is 94.6 Å². The monoisotopic (exact) mass is 220 g/mol. The normalized spacial score (nSPS) is 13.0. The van der Waals surface area contributed by atoms with Crippen LogP contribution >= 0.6 is 0 Å². The lowest BCUT2D eigenvalue weighted by atomic mass is 10.1. The van der Waals surface area contributed by atoms with E-state index >= 15 is 0 Å². The summed E-state index contributed by atoms with van der Waals surface area (Å²) in [5.74, 6) is 1.31. The third-order valence-electron chi connectivity index (χ3n) is 2.68. The average Bonchev–Trinajstić information content (AvgIpc) is 2.70. The summed E-state index contributed by atoms with van der Waals surface area (Å²) in [4.78, 5) is 0. The van der Waals surface area contributed by atoms with Gasteiger partial charge in [-0.15, -0.1) is 0 Å². The summed E-state index contributed by atoms with van der Waals surface area (Å²) in [6.45, 7) is 3.92. The van der Waals surface area contributed by atoms with Crippen molar-refractivity contribution in [3.8, 4) is 5.75 Å². The van der Waals surface area contributed by atoms with Crippen LogP contribution in [0.3, 0.4) is 0 Å². The van der Waals surface area contributed by atoms with E-state index in [9.17, 15) is 5.11 Å². The number of methoxy groups -OCH3 is 1. The second-order valence-corrected chi connectivity index (χ2v) is 3.96. The van der Waals surface area contributed by atoms with Gasteiger partial charge in [0.15, 0.2) is 11.3 Å². The highest BCUT2D eigenvalue weighted by molar-refractivity contribution is 5.84. The van der Waals surface area contributed by atoms with Gasteiger partial charge >= 0.3 is 0 Å². The molecule has 2 rings (SSSR count). The number of rotatable bonds is 3. The van der Waals surface area contributed by atoms with Crippen LogP contribution in [0.5, 0.6) is 5.75 Å². The second kappa shape index (κ2) is 4.18. The molecule has 1 unspecified atom stereocenters. The van der Waals surface area contributed by atoms with Crippen molar-refractivity contribution in [2.24, 2.45) is 0 Å². The number of benzene rings is 1. The largest absolute Gasteiger partial charge is 0.493 e. The number of furan rings is 1. The lowest BCUT2D eigenvalue weighted by Crippen LogP contribution is -1.91. The number of aliphatic hydroxyl groups is 1. The van der Waals surface area contributed by atoms with E-state index in [2.05, 4.69) is 0 Å². The van der Waals surface area contributed by atoms with E-state index in [0.29, 0.717) is 23.5 Å². The maximum atomic E-state index is 9.73. The van der Waals surface area contributed by atoms with Crippen LogP contribution in [-0.2, 0) is 0 Å². The van der Waals surface area contributed by atoms with Gasteiger partial charge in [-0.25, -0.2) is 0 Å². The quantitative estimate of drug-likeness (QED) is 0.863. The number of hydrogen-bond donors (Lipinski definition) is 1. The van der Waals surface area contributed by atoms with Gasteiger partial charge in [-0.3, -0.25) is 0 Å². The fraction of sp³-hybridized carbons (Fsp3) is 0.385. The zero-order chi connectivity index (χ0) is 11.7. The number of aryl methyl sites for hydroxylation is 1. The van der Waals surface area contributed by atoms with Crippen LogP contribution < -0.4 is 4.74 Å². The molecule has 16 heavy (non-hydrogen) atoms. The smallest absolute Gasteiger partial charge is 0.176 e. The van der Waals surface area contributed by atoms with Crippen molar-refractivity contribution in [2.75, 3.05) is 7.11 Å². The fourth-order valence-corrected chi connectivity index (χ4v) is 1.80. The van der Waals surface area contributed by atoms with Crippen molar-refractivity contribution in [1.82, 2.24) is 0 Å². The van der Waals surface area contributed by atoms with Crippen LogP contribution in [0.25, 0.3) is 11.0 Å². The van der Waals surface area contributed by atoms with E-state index in [1.165, 1.54) is 0 Å². The number of aliphatic hydroxyl groups excluding tert-OH is 1. The highest BCUT2D eigenvalue weighted by Gasteiger charge is 2.14. The molecule has 1 aromatic heterocycles. The number of fused-ring (bicyclic) bond motifs is 1. The molecule has 86 valence electrons. The SMILES string of the molecule is CCC(O)c1cc2cc(C)cc(OC)c2o1. The van der Waals surface area contributed by atoms with Gasteiger partial charge in [0.1, 0.15) is 11.9 Å². The third-order valence-corrected chi connectivity index (χ3v) is 2.68. The molecule has 1 aromatic carbocycles. The lowest BCUT2D eigenvalue weighted by molar-refractivity contribution is 0.148. The minimum Gasteiger partial charge on any atom is -0.493 e. The summed E-state index contributed by atoms with van der Waals surface area (Å²) < 4.78 is 10.9. The van der Waals surface area contributed by atoms with Crippen LogP contribution in [0.4, 0.5) is 0 Å². The maximum absolute atomic E-state index is 9.73. The Morgan fingerprint density at radius 3 is 2.75 bits per heavy atom. The molecule has 0 radical (unpaired) electrons. The predicted octanol–water partition coefficient (Wildman–Crippen LogP) is 3.19. The molecule has 0 saturated carbocycles. The molecule has 0 amide bonds. The van der Waals surface area contributed by atoms with Crippen molar-refractivity contribution in [1.29, 1.82) is 0 Å². The first-order valence-electron chi connectivity index (χ1n) is 5.41. The maximum Gasteiger partial charge on any atom is 0.176 e. The van der Waals surface area contributed by atoms with Crippen molar-refractivity contribution in [2.45, 2.75) is 26.4 Å². The summed E-state index contributed by atoms with van der Waals surface area (Å²) >= 11 is 0. The molecular weight excluding hydrogens is 204 g/mol. The molecule has 0 spiro atoms. The van der Waals surface area contributed by atoms with Crippen LogP contribution in [0.1, 0.15) is 30.8 Å². The van der Waals surface area contributed by atoms with E-state index < -0.39 is 6.10 Å². The summed E-state index contributed by atoms with van der Waals surface area (Å²) in [6.07, 6.45) is 0.0959. The van der Waals surface area contributed by atoms with Crippen LogP contribution in [-0.4, -0.2) is 12.2 Å². The van der Waals surface area contributed by atoms with Gasteiger partial charge in [-0.1, -0.05) is 6.92 Å². The zero-order valence-electron chi connectivity index (χ0n) is 9.78. The minimum absolute atomic E-state index is 0.544. The molecule has 3 heteroatoms. The summed E-state index contributed by atoms with van der Waals surface area (Å²) in [7, 11) is 1.62. The fourth-order valence-electron chi connectivity index (χ4n) is 1.80. The number of ether oxygens (including phenoxy) is 1. The predicted molar refractivity (Wildman–Crippen MR) is 62.8 cm³/mol. The minimum atomic E-state index is -0.544. The van der Waals surface area contributed by atoms with Crippen molar-refractivity contribution < 1.29 is 14.3 Å². The van der Waals surface area contributed by atoms with Gasteiger partial charge in [0, 0.05) is 5.39 Å². The Balaban J connectivity index is 2.60. The average molecular weight is 220 g/mol. The molecule has 0 saturated heterocycles. The molecule has 0 aliphatic carbocycles. The van der Waals surface area contributed by atoms with Gasteiger partial charge in [0.05, 0.1) is 7.11 Å². The topological polar surface area (TPSA) is 42.6 Å². The Morgan fingerprint density at radius 2 is 2.12 bits per heavy atom. The Kier molecular flexibility index (Phi) is 2.88. The van der Waals surface area contributed by atoms with E-state index in [4.69, 9.17) is 9.15 Å². The summed E-state index contributed by atoms with van der Waals surface area (Å²) in [6, 6.07) is 5.82. The highest BCUT2D eigenvalue weighted by atomic mass is 16.5. The summed E-state index contributed by atoms with van der Waals surface area (Å²) in [5, 5.41) is 10.7. The lowest BCUT2D eigenvalue weighted by Gasteiger charge is -2.03. The van der Waals surface area contributed by atoms with E-state index in [1.54, 1.807) is 7.11 Å². The van der Waals surface area contributed by atoms with Gasteiger partial charge in [0.25, 0.3) is 0 Å². The Hall–Kier alpha value is -1.48. The van der Waals surface area contributed by atoms with Crippen LogP contribution in [0, 0.1) is 6.92 Å². The molecule has 2 aromatic rings. The third kappa shape index (κ3) is 1.78. The first-order chi connectivity index (χ1) is 7.65. The van der Waals surface area contributed by atoms with Gasteiger partial charge in [-0.05, 0) is 37.1 Å². The molecule has 0 aliphatic rings. The van der Waals surface area contributed by atoms with Crippen molar-refractivity contribution >= 4 is 11.0 Å². The molecule has 1 heterocycles. The molecule has 0 fully saturated rings. The van der Waals surface area contributed by atoms with E-state index in [-0.39, 0.29) is 0 Å². The summed E-state index contributed by atoms with van der Waals surface area (Å²) in [5.41, 5.74) is 1.82. The second-order valence-electron chi connectivity index (χ2n) is 3.96. The van der Waals surface area contributed by atoms with Gasteiger partial charge < -0.3 is 14.3 Å². The van der Waals surface area contributed by atoms with E-state index in [0.717, 1.165) is 10.9 Å². The number of hydrogen-bond acceptors (Lipinski definition) is 3. The standard InChI is InChI=1S/C13H16O3/c1-4-10(14)11-7-9-5-8(2)6-12(15-3)13(9)16-11/h5-7,10,14H,4H2,1-3H3. The molecule has 1 atom stereocenters. The van der Waals surface area contributed by atoms with Crippen LogP contribution in [0.15, 0.2) is 22.6 Å². The van der Waals surface area contributed by atoms with Crippen molar-refractivity contribution in [3.05, 3.63) is 29.5 Å². The molecular formula is C13H16O3.